The van der Waals surface area contributed by atoms with Crippen molar-refractivity contribution in [2.24, 2.45) is 5.92 Å². The minimum atomic E-state index is -0.665. The van der Waals surface area contributed by atoms with Crippen LogP contribution in [-0.2, 0) is 4.79 Å². The molecular formula is C11H21NO3. The van der Waals surface area contributed by atoms with Crippen molar-refractivity contribution in [2.45, 2.75) is 32.8 Å². The van der Waals surface area contributed by atoms with E-state index >= 15 is 0 Å². The first-order valence-corrected chi connectivity index (χ1v) is 5.21. The molecule has 2 atom stereocenters. The highest BCUT2D eigenvalue weighted by Gasteiger charge is 2.12. The van der Waals surface area contributed by atoms with E-state index in [1.165, 1.54) is 0 Å². The number of nitrogens with one attached hydrogen (secondary N) is 1. The molecule has 0 aliphatic carbocycles. The quantitative estimate of drug-likeness (QED) is 0.426. The van der Waals surface area contributed by atoms with Crippen LogP contribution in [-0.4, -0.2) is 35.4 Å². The van der Waals surface area contributed by atoms with Crippen molar-refractivity contribution in [1.29, 1.82) is 0 Å². The number of aliphatic hydroxyl groups excluding tert-OH is 2. The molecule has 15 heavy (non-hydrogen) atoms. The number of hydrogen-bond acceptors (Lipinski definition) is 3. The molecular weight excluding hydrogens is 194 g/mol. The van der Waals surface area contributed by atoms with Gasteiger partial charge in [0.1, 0.15) is 0 Å². The van der Waals surface area contributed by atoms with Gasteiger partial charge < -0.3 is 15.5 Å². The predicted molar refractivity (Wildman–Crippen MR) is 59.3 cm³/mol. The molecule has 0 heterocycles. The molecule has 0 bridgehead atoms. The minimum Gasteiger partial charge on any atom is -0.394 e. The zero-order chi connectivity index (χ0) is 11.8. The highest BCUT2D eigenvalue weighted by Crippen LogP contribution is 2.09. The van der Waals surface area contributed by atoms with Gasteiger partial charge in [-0.2, -0.15) is 0 Å². The van der Waals surface area contributed by atoms with Gasteiger partial charge in [0.05, 0.1) is 12.7 Å². The Morgan fingerprint density at radius 1 is 1.53 bits per heavy atom. The molecule has 0 aromatic rings. The summed E-state index contributed by atoms with van der Waals surface area (Å²) in [6, 6.07) is 0. The van der Waals surface area contributed by atoms with Gasteiger partial charge in [0.25, 0.3) is 0 Å². The smallest absolute Gasteiger partial charge is 0.246 e. The molecule has 0 aromatic heterocycles. The van der Waals surface area contributed by atoms with E-state index in [2.05, 4.69) is 11.9 Å². The van der Waals surface area contributed by atoms with Crippen LogP contribution in [0.2, 0.25) is 0 Å². The van der Waals surface area contributed by atoms with Crippen LogP contribution in [0.1, 0.15) is 26.7 Å². The van der Waals surface area contributed by atoms with Gasteiger partial charge in [-0.05, 0) is 25.7 Å². The standard InChI is InChI=1S/C11H21NO3/c1-8(2)11(15)12-6-4-5-9(3)10(14)7-13/h9-10,13-14H,1,4-7H2,2-3H3,(H,12,15). The summed E-state index contributed by atoms with van der Waals surface area (Å²) >= 11 is 0. The van der Waals surface area contributed by atoms with Crippen LogP contribution >= 0.6 is 0 Å². The first kappa shape index (κ1) is 14.1. The second-order valence-corrected chi connectivity index (χ2v) is 3.91. The lowest BCUT2D eigenvalue weighted by Gasteiger charge is -2.16. The largest absolute Gasteiger partial charge is 0.394 e. The molecule has 0 saturated heterocycles. The highest BCUT2D eigenvalue weighted by molar-refractivity contribution is 5.91. The van der Waals surface area contributed by atoms with E-state index in [-0.39, 0.29) is 18.4 Å². The molecule has 0 aliphatic heterocycles. The summed E-state index contributed by atoms with van der Waals surface area (Å²) in [5.74, 6) is -0.0814. The number of rotatable bonds is 7. The molecule has 0 aromatic carbocycles. The van der Waals surface area contributed by atoms with Gasteiger partial charge in [0.15, 0.2) is 0 Å². The van der Waals surface area contributed by atoms with Crippen molar-refractivity contribution in [2.75, 3.05) is 13.2 Å². The lowest BCUT2D eigenvalue weighted by molar-refractivity contribution is -0.117. The number of carbonyl (C=O) groups excluding carboxylic acids is 1. The fraction of sp³-hybridized carbons (Fsp3) is 0.727. The van der Waals surface area contributed by atoms with Gasteiger partial charge in [-0.3, -0.25) is 4.79 Å². The van der Waals surface area contributed by atoms with Crippen molar-refractivity contribution in [3.05, 3.63) is 12.2 Å². The predicted octanol–water partition coefficient (Wildman–Crippen LogP) is 0.448. The van der Waals surface area contributed by atoms with Crippen molar-refractivity contribution in [3.63, 3.8) is 0 Å². The van der Waals surface area contributed by atoms with E-state index in [0.717, 1.165) is 12.8 Å². The van der Waals surface area contributed by atoms with E-state index < -0.39 is 6.10 Å². The van der Waals surface area contributed by atoms with Crippen LogP contribution < -0.4 is 5.32 Å². The summed E-state index contributed by atoms with van der Waals surface area (Å²) < 4.78 is 0. The van der Waals surface area contributed by atoms with E-state index in [4.69, 9.17) is 5.11 Å². The summed E-state index contributed by atoms with van der Waals surface area (Å²) in [5, 5.41) is 20.7. The van der Waals surface area contributed by atoms with Crippen LogP contribution in [0.4, 0.5) is 0 Å². The molecule has 0 spiro atoms. The third kappa shape index (κ3) is 6.25. The summed E-state index contributed by atoms with van der Waals surface area (Å²) in [7, 11) is 0. The average molecular weight is 215 g/mol. The van der Waals surface area contributed by atoms with Crippen LogP contribution in [0, 0.1) is 5.92 Å². The second kappa shape index (κ2) is 7.43. The maximum absolute atomic E-state index is 11.1. The van der Waals surface area contributed by atoms with Crippen LogP contribution in [0.25, 0.3) is 0 Å². The van der Waals surface area contributed by atoms with Crippen LogP contribution in [0.5, 0.6) is 0 Å². The average Bonchev–Trinajstić information content (AvgIpc) is 2.22. The van der Waals surface area contributed by atoms with Gasteiger partial charge in [-0.15, -0.1) is 0 Å². The Bertz CT molecular complexity index is 216. The Hall–Kier alpha value is -0.870. The Balaban J connectivity index is 3.54. The van der Waals surface area contributed by atoms with Gasteiger partial charge in [-0.25, -0.2) is 0 Å². The number of aliphatic hydroxyl groups is 2. The van der Waals surface area contributed by atoms with E-state index in [9.17, 15) is 9.90 Å². The van der Waals surface area contributed by atoms with E-state index in [0.29, 0.717) is 12.1 Å². The first-order chi connectivity index (χ1) is 6.99. The van der Waals surface area contributed by atoms with Gasteiger partial charge in [0.2, 0.25) is 5.91 Å². The second-order valence-electron chi connectivity index (χ2n) is 3.91. The molecule has 3 N–H and O–H groups in total. The lowest BCUT2D eigenvalue weighted by atomic mass is 9.99. The van der Waals surface area contributed by atoms with Gasteiger partial charge in [-0.1, -0.05) is 13.5 Å². The van der Waals surface area contributed by atoms with E-state index in [1.54, 1.807) is 6.92 Å². The fourth-order valence-electron chi connectivity index (χ4n) is 1.15. The van der Waals surface area contributed by atoms with Crippen molar-refractivity contribution >= 4 is 5.91 Å². The topological polar surface area (TPSA) is 69.6 Å². The molecule has 1 amide bonds. The summed E-state index contributed by atoms with van der Waals surface area (Å²) in [6.07, 6.45) is 0.900. The van der Waals surface area contributed by atoms with Crippen molar-refractivity contribution in [1.82, 2.24) is 5.32 Å². The molecule has 0 aliphatic rings. The van der Waals surface area contributed by atoms with Gasteiger partial charge >= 0.3 is 0 Å². The molecule has 4 heteroatoms. The Morgan fingerprint density at radius 2 is 2.13 bits per heavy atom. The number of hydrogen-bond donors (Lipinski definition) is 3. The molecule has 0 fully saturated rings. The molecule has 0 radical (unpaired) electrons. The number of amides is 1. The SMILES string of the molecule is C=C(C)C(=O)NCCCC(C)C(O)CO. The van der Waals surface area contributed by atoms with Gasteiger partial charge in [0, 0.05) is 12.1 Å². The summed E-state index contributed by atoms with van der Waals surface area (Å²) in [6.45, 7) is 7.43. The minimum absolute atomic E-state index is 0.0525. The van der Waals surface area contributed by atoms with Crippen LogP contribution in [0.3, 0.4) is 0 Å². The van der Waals surface area contributed by atoms with Crippen LogP contribution in [0.15, 0.2) is 12.2 Å². The third-order valence-corrected chi connectivity index (χ3v) is 2.35. The third-order valence-electron chi connectivity index (χ3n) is 2.35. The Morgan fingerprint density at radius 3 is 2.60 bits per heavy atom. The summed E-state index contributed by atoms with van der Waals surface area (Å²) in [4.78, 5) is 11.1. The highest BCUT2D eigenvalue weighted by atomic mass is 16.3. The molecule has 0 saturated carbocycles. The number of carbonyl (C=O) groups is 1. The fourth-order valence-corrected chi connectivity index (χ4v) is 1.15. The molecule has 0 rings (SSSR count). The lowest BCUT2D eigenvalue weighted by Crippen LogP contribution is -2.26. The maximum Gasteiger partial charge on any atom is 0.246 e. The molecule has 4 nitrogen and oxygen atoms in total. The van der Waals surface area contributed by atoms with Crippen molar-refractivity contribution in [3.8, 4) is 0 Å². The normalized spacial score (nSPS) is 14.4. The first-order valence-electron chi connectivity index (χ1n) is 5.21. The maximum atomic E-state index is 11.1. The Labute approximate surface area is 91.0 Å². The Kier molecular flexibility index (Phi) is 6.99. The monoisotopic (exact) mass is 215 g/mol. The van der Waals surface area contributed by atoms with Crippen molar-refractivity contribution < 1.29 is 15.0 Å². The zero-order valence-corrected chi connectivity index (χ0v) is 9.49. The molecule has 88 valence electrons. The van der Waals surface area contributed by atoms with E-state index in [1.807, 2.05) is 6.92 Å². The summed E-state index contributed by atoms with van der Waals surface area (Å²) in [5.41, 5.74) is 0.499. The molecule has 2 unspecified atom stereocenters. The zero-order valence-electron chi connectivity index (χ0n) is 9.49.